The highest BCUT2D eigenvalue weighted by Gasteiger charge is 2.22. The minimum absolute atomic E-state index is 0.243. The highest BCUT2D eigenvalue weighted by Crippen LogP contribution is 2.31. The van der Waals surface area contributed by atoms with Crippen molar-refractivity contribution in [2.24, 2.45) is 0 Å². The van der Waals surface area contributed by atoms with Crippen molar-refractivity contribution < 1.29 is 12.9 Å². The molecule has 0 radical (unpaired) electrons. The first kappa shape index (κ1) is 17.5. The Labute approximate surface area is 157 Å². The number of aryl methyl sites for hydroxylation is 3. The summed E-state index contributed by atoms with van der Waals surface area (Å²) in [6.45, 7) is 5.67. The van der Waals surface area contributed by atoms with E-state index in [2.05, 4.69) is 10.1 Å². The third kappa shape index (κ3) is 2.75. The SMILES string of the molecule is CCc1cn(S(=O)(=O)c2ccccc2)c2cc(-c3c(C)noc3C)cnc12. The lowest BCUT2D eigenvalue weighted by atomic mass is 10.1. The van der Waals surface area contributed by atoms with E-state index in [1.807, 2.05) is 26.8 Å². The van der Waals surface area contributed by atoms with Crippen molar-refractivity contribution in [3.05, 3.63) is 65.8 Å². The van der Waals surface area contributed by atoms with Gasteiger partial charge < -0.3 is 4.52 Å². The van der Waals surface area contributed by atoms with Gasteiger partial charge in [-0.25, -0.2) is 12.4 Å². The van der Waals surface area contributed by atoms with Crippen LogP contribution in [0.1, 0.15) is 23.9 Å². The lowest BCUT2D eigenvalue weighted by Crippen LogP contribution is -2.11. The molecule has 0 aliphatic rings. The number of benzene rings is 1. The summed E-state index contributed by atoms with van der Waals surface area (Å²) in [6.07, 6.45) is 4.09. The number of fused-ring (bicyclic) bond motifs is 1. The fourth-order valence-corrected chi connectivity index (χ4v) is 4.73. The first-order valence-electron chi connectivity index (χ1n) is 8.67. The first-order chi connectivity index (χ1) is 12.9. The molecule has 1 aromatic carbocycles. The molecule has 0 atom stereocenters. The predicted molar refractivity (Wildman–Crippen MR) is 103 cm³/mol. The summed E-state index contributed by atoms with van der Waals surface area (Å²) in [5, 5.41) is 3.98. The molecule has 0 saturated heterocycles. The van der Waals surface area contributed by atoms with Crippen LogP contribution in [0.25, 0.3) is 22.2 Å². The fourth-order valence-electron chi connectivity index (χ4n) is 3.34. The normalized spacial score (nSPS) is 12.0. The summed E-state index contributed by atoms with van der Waals surface area (Å²) in [4.78, 5) is 4.81. The van der Waals surface area contributed by atoms with E-state index in [4.69, 9.17) is 4.52 Å². The molecule has 0 aliphatic carbocycles. The van der Waals surface area contributed by atoms with E-state index in [-0.39, 0.29) is 4.90 Å². The lowest BCUT2D eigenvalue weighted by molar-refractivity contribution is 0.393. The molecular weight excluding hydrogens is 362 g/mol. The van der Waals surface area contributed by atoms with E-state index < -0.39 is 10.0 Å². The van der Waals surface area contributed by atoms with Crippen molar-refractivity contribution in [2.45, 2.75) is 32.1 Å². The summed E-state index contributed by atoms with van der Waals surface area (Å²) in [5.41, 5.74) is 4.49. The molecule has 4 rings (SSSR count). The van der Waals surface area contributed by atoms with Crippen LogP contribution in [-0.2, 0) is 16.4 Å². The Kier molecular flexibility index (Phi) is 4.11. The van der Waals surface area contributed by atoms with Crippen LogP contribution in [0.3, 0.4) is 0 Å². The Hall–Kier alpha value is -2.93. The fraction of sp³-hybridized carbons (Fsp3) is 0.200. The van der Waals surface area contributed by atoms with Crippen molar-refractivity contribution in [1.82, 2.24) is 14.1 Å². The average Bonchev–Trinajstić information content (AvgIpc) is 3.22. The van der Waals surface area contributed by atoms with Gasteiger partial charge in [0, 0.05) is 23.5 Å². The number of aromatic nitrogens is 3. The van der Waals surface area contributed by atoms with Crippen molar-refractivity contribution in [3.63, 3.8) is 0 Å². The monoisotopic (exact) mass is 381 g/mol. The van der Waals surface area contributed by atoms with E-state index in [9.17, 15) is 8.42 Å². The second kappa shape index (κ2) is 6.35. The summed E-state index contributed by atoms with van der Waals surface area (Å²) in [7, 11) is -3.72. The van der Waals surface area contributed by atoms with Gasteiger partial charge in [-0.1, -0.05) is 30.3 Å². The maximum Gasteiger partial charge on any atom is 0.268 e. The average molecular weight is 381 g/mol. The molecule has 138 valence electrons. The van der Waals surface area contributed by atoms with Crippen LogP contribution in [0.4, 0.5) is 0 Å². The van der Waals surface area contributed by atoms with Gasteiger partial charge in [0.15, 0.2) is 0 Å². The van der Waals surface area contributed by atoms with Crippen LogP contribution in [0.2, 0.25) is 0 Å². The zero-order chi connectivity index (χ0) is 19.2. The number of rotatable bonds is 4. The Morgan fingerprint density at radius 2 is 1.89 bits per heavy atom. The van der Waals surface area contributed by atoms with Crippen LogP contribution in [-0.4, -0.2) is 22.5 Å². The predicted octanol–water partition coefficient (Wildman–Crippen LogP) is 4.11. The third-order valence-electron chi connectivity index (χ3n) is 4.69. The Balaban J connectivity index is 2.00. The van der Waals surface area contributed by atoms with Crippen LogP contribution < -0.4 is 0 Å². The highest BCUT2D eigenvalue weighted by molar-refractivity contribution is 7.90. The maximum absolute atomic E-state index is 13.2. The van der Waals surface area contributed by atoms with E-state index in [1.165, 1.54) is 3.97 Å². The van der Waals surface area contributed by atoms with Gasteiger partial charge in [0.1, 0.15) is 5.76 Å². The molecule has 6 nitrogen and oxygen atoms in total. The van der Waals surface area contributed by atoms with E-state index in [0.29, 0.717) is 23.2 Å². The molecule has 7 heteroatoms. The Morgan fingerprint density at radius 1 is 1.15 bits per heavy atom. The lowest BCUT2D eigenvalue weighted by Gasteiger charge is -2.08. The van der Waals surface area contributed by atoms with Crippen LogP contribution in [0.15, 0.2) is 58.2 Å². The smallest absolute Gasteiger partial charge is 0.268 e. The molecular formula is C20H19N3O3S. The van der Waals surface area contributed by atoms with Gasteiger partial charge in [0.2, 0.25) is 0 Å². The van der Waals surface area contributed by atoms with Crippen LogP contribution >= 0.6 is 0 Å². The standard InChI is InChI=1S/C20H19N3O3S/c1-4-15-12-23(27(24,25)17-8-6-5-7-9-17)18-10-16(11-21-20(15)18)19-13(2)22-26-14(19)3/h5-12H,4H2,1-3H3. The topological polar surface area (TPSA) is 78.0 Å². The second-order valence-corrected chi connectivity index (χ2v) is 8.23. The largest absolute Gasteiger partial charge is 0.361 e. The zero-order valence-corrected chi connectivity index (χ0v) is 16.1. The first-order valence-corrected chi connectivity index (χ1v) is 10.1. The number of nitrogens with zero attached hydrogens (tertiary/aromatic N) is 3. The van der Waals surface area contributed by atoms with Crippen molar-refractivity contribution in [1.29, 1.82) is 0 Å². The zero-order valence-electron chi connectivity index (χ0n) is 15.3. The molecule has 0 N–H and O–H groups in total. The molecule has 0 spiro atoms. The van der Waals surface area contributed by atoms with E-state index in [1.54, 1.807) is 42.7 Å². The summed E-state index contributed by atoms with van der Waals surface area (Å²) >= 11 is 0. The minimum Gasteiger partial charge on any atom is -0.361 e. The van der Waals surface area contributed by atoms with Gasteiger partial charge in [-0.05, 0) is 44.0 Å². The van der Waals surface area contributed by atoms with Crippen molar-refractivity contribution >= 4 is 21.1 Å². The van der Waals surface area contributed by atoms with Crippen molar-refractivity contribution in [2.75, 3.05) is 0 Å². The highest BCUT2D eigenvalue weighted by atomic mass is 32.2. The molecule has 0 amide bonds. The summed E-state index contributed by atoms with van der Waals surface area (Å²) < 4.78 is 33.0. The third-order valence-corrected chi connectivity index (χ3v) is 6.37. The second-order valence-electron chi connectivity index (χ2n) is 6.41. The molecule has 0 unspecified atom stereocenters. The summed E-state index contributed by atoms with van der Waals surface area (Å²) in [6, 6.07) is 10.3. The number of hydrogen-bond donors (Lipinski definition) is 0. The van der Waals surface area contributed by atoms with Crippen LogP contribution in [0, 0.1) is 13.8 Å². The Morgan fingerprint density at radius 3 is 2.52 bits per heavy atom. The molecule has 0 fully saturated rings. The molecule has 0 aliphatic heterocycles. The molecule has 3 heterocycles. The van der Waals surface area contributed by atoms with Gasteiger partial charge in [-0.2, -0.15) is 0 Å². The van der Waals surface area contributed by atoms with Gasteiger partial charge in [-0.3, -0.25) is 4.98 Å². The van der Waals surface area contributed by atoms with Gasteiger partial charge in [-0.15, -0.1) is 0 Å². The molecule has 4 aromatic rings. The van der Waals surface area contributed by atoms with E-state index >= 15 is 0 Å². The quantitative estimate of drug-likeness (QED) is 0.532. The number of hydrogen-bond acceptors (Lipinski definition) is 5. The van der Waals surface area contributed by atoms with Crippen LogP contribution in [0.5, 0.6) is 0 Å². The molecule has 3 aromatic heterocycles. The molecule has 27 heavy (non-hydrogen) atoms. The summed E-state index contributed by atoms with van der Waals surface area (Å²) in [5.74, 6) is 0.674. The van der Waals surface area contributed by atoms with Gasteiger partial charge >= 0.3 is 0 Å². The Bertz CT molecular complexity index is 1220. The molecule has 0 bridgehead atoms. The number of pyridine rings is 1. The van der Waals surface area contributed by atoms with Gasteiger partial charge in [0.25, 0.3) is 10.0 Å². The van der Waals surface area contributed by atoms with Gasteiger partial charge in [0.05, 0.1) is 21.6 Å². The van der Waals surface area contributed by atoms with Crippen molar-refractivity contribution in [3.8, 4) is 11.1 Å². The molecule has 0 saturated carbocycles. The van der Waals surface area contributed by atoms with E-state index in [0.717, 1.165) is 22.4 Å². The minimum atomic E-state index is -3.72. The maximum atomic E-state index is 13.2.